The molecule has 1 aromatic carbocycles. The van der Waals surface area contributed by atoms with Crippen LogP contribution in [0.5, 0.6) is 5.75 Å². The lowest BCUT2D eigenvalue weighted by atomic mass is 10.0. The van der Waals surface area contributed by atoms with E-state index in [9.17, 15) is 14.0 Å². The number of nitrogens with one attached hydrogen (secondary N) is 1. The highest BCUT2D eigenvalue weighted by atomic mass is 35.5. The molecule has 2 aliphatic rings. The zero-order chi connectivity index (χ0) is 22.4. The molecule has 2 atom stereocenters. The van der Waals surface area contributed by atoms with Gasteiger partial charge in [-0.15, -0.1) is 11.3 Å². The lowest BCUT2D eigenvalue weighted by Gasteiger charge is -2.20. The van der Waals surface area contributed by atoms with Crippen molar-refractivity contribution in [1.82, 2.24) is 15.2 Å². The molecule has 0 aliphatic carbocycles. The van der Waals surface area contributed by atoms with Crippen LogP contribution in [0.1, 0.15) is 17.7 Å². The number of aromatic nitrogens is 1. The molecule has 2 saturated heterocycles. The van der Waals surface area contributed by atoms with E-state index in [-0.39, 0.29) is 37.7 Å². The average molecular weight is 494 g/mol. The van der Waals surface area contributed by atoms with Crippen molar-refractivity contribution in [3.63, 3.8) is 0 Å². The number of nitrogens with zero attached hydrogens (tertiary/aromatic N) is 2. The Labute approximate surface area is 197 Å². The van der Waals surface area contributed by atoms with Gasteiger partial charge in [-0.05, 0) is 24.3 Å². The Morgan fingerprint density at radius 1 is 1.16 bits per heavy atom. The minimum atomic E-state index is -1.14. The molecule has 0 bridgehead atoms. The molecule has 4 heterocycles. The van der Waals surface area contributed by atoms with Crippen molar-refractivity contribution in [2.45, 2.75) is 31.7 Å². The van der Waals surface area contributed by atoms with Crippen LogP contribution in [0, 0.1) is 0 Å². The highest BCUT2D eigenvalue weighted by molar-refractivity contribution is 7.19. The summed E-state index contributed by atoms with van der Waals surface area (Å²) >= 11 is 14.2. The summed E-state index contributed by atoms with van der Waals surface area (Å²) in [4.78, 5) is 30.6. The molecular weight excluding hydrogens is 476 g/mol. The molecule has 3 aromatic rings. The first-order chi connectivity index (χ1) is 15.4. The van der Waals surface area contributed by atoms with Gasteiger partial charge >= 0.3 is 0 Å². The lowest BCUT2D eigenvalue weighted by Crippen LogP contribution is -2.27. The predicted octanol–water partition coefficient (Wildman–Crippen LogP) is 4.61. The summed E-state index contributed by atoms with van der Waals surface area (Å²) in [7, 11) is 0. The maximum absolute atomic E-state index is 14.2. The largest absolute Gasteiger partial charge is 0.484 e. The zero-order valence-electron chi connectivity index (χ0n) is 16.7. The van der Waals surface area contributed by atoms with E-state index in [0.717, 1.165) is 20.7 Å². The molecule has 32 heavy (non-hydrogen) atoms. The minimum Gasteiger partial charge on any atom is -0.484 e. The quantitative estimate of drug-likeness (QED) is 0.525. The van der Waals surface area contributed by atoms with Crippen LogP contribution in [0.25, 0.3) is 21.3 Å². The van der Waals surface area contributed by atoms with Crippen molar-refractivity contribution in [2.24, 2.45) is 0 Å². The van der Waals surface area contributed by atoms with E-state index < -0.39 is 12.3 Å². The third-order valence-electron chi connectivity index (χ3n) is 5.59. The molecule has 0 radical (unpaired) electrons. The van der Waals surface area contributed by atoms with E-state index in [1.165, 1.54) is 16.2 Å². The van der Waals surface area contributed by atoms with Gasteiger partial charge in [0.15, 0.2) is 6.17 Å². The first-order valence-electron chi connectivity index (χ1n) is 10.1. The van der Waals surface area contributed by atoms with Crippen LogP contribution in [-0.2, 0) is 16.1 Å². The second-order valence-corrected chi connectivity index (χ2v) is 9.73. The summed E-state index contributed by atoms with van der Waals surface area (Å²) in [5.41, 5.74) is 2.14. The second kappa shape index (κ2) is 8.59. The Balaban J connectivity index is 1.56. The van der Waals surface area contributed by atoms with Gasteiger partial charge in [0, 0.05) is 53.2 Å². The number of amides is 2. The monoisotopic (exact) mass is 493 g/mol. The molecule has 0 saturated carbocycles. The number of carbonyl (C=O) groups excluding carboxylic acids is 2. The first-order valence-corrected chi connectivity index (χ1v) is 11.7. The molecule has 2 amide bonds. The molecule has 0 unspecified atom stereocenters. The van der Waals surface area contributed by atoms with Crippen LogP contribution in [-0.4, -0.2) is 47.1 Å². The predicted molar refractivity (Wildman–Crippen MR) is 122 cm³/mol. The molecule has 0 spiro atoms. The number of likely N-dealkylation sites (tertiary alicyclic amines) is 1. The Morgan fingerprint density at radius 2 is 1.94 bits per heavy atom. The number of imide groups is 1. The smallest absolute Gasteiger partial charge is 0.230 e. The number of hydrogen-bond donors (Lipinski definition) is 1. The van der Waals surface area contributed by atoms with E-state index in [1.54, 1.807) is 18.3 Å². The third-order valence-corrected chi connectivity index (χ3v) is 7.23. The van der Waals surface area contributed by atoms with Crippen molar-refractivity contribution in [3.8, 4) is 16.9 Å². The van der Waals surface area contributed by atoms with Crippen molar-refractivity contribution in [3.05, 3.63) is 45.4 Å². The maximum Gasteiger partial charge on any atom is 0.230 e. The summed E-state index contributed by atoms with van der Waals surface area (Å²) in [6.07, 6.45) is 0.362. The molecule has 2 aliphatic heterocycles. The number of thiophene rings is 1. The number of alkyl halides is 1. The van der Waals surface area contributed by atoms with Gasteiger partial charge in [0.25, 0.3) is 0 Å². The number of hydrogen-bond acceptors (Lipinski definition) is 6. The van der Waals surface area contributed by atoms with Crippen LogP contribution >= 0.6 is 34.5 Å². The maximum atomic E-state index is 14.2. The average Bonchev–Trinajstić information content (AvgIpc) is 3.44. The van der Waals surface area contributed by atoms with Gasteiger partial charge in [-0.3, -0.25) is 19.5 Å². The number of benzene rings is 1. The standard InChI is InChI=1S/C22H18Cl2FN3O3S/c23-11-5-14(21(15(24)6-11)31-18-9-26-8-16(18)25)13-3-4-27-17-7-12(32-22(13)17)10-28-19(29)1-2-20(28)30/h3-7,16,18,26H,1-2,8-10H2/t16-,18+/m0/s1. The van der Waals surface area contributed by atoms with Crippen LogP contribution < -0.4 is 10.1 Å². The van der Waals surface area contributed by atoms with Gasteiger partial charge in [-0.25, -0.2) is 4.39 Å². The summed E-state index contributed by atoms with van der Waals surface area (Å²) in [5, 5.41) is 3.69. The number of rotatable bonds is 5. The molecule has 5 rings (SSSR count). The highest BCUT2D eigenvalue weighted by Crippen LogP contribution is 2.44. The van der Waals surface area contributed by atoms with Gasteiger partial charge in [0.2, 0.25) is 11.8 Å². The van der Waals surface area contributed by atoms with Crippen molar-refractivity contribution >= 4 is 56.6 Å². The highest BCUT2D eigenvalue weighted by Gasteiger charge is 2.31. The van der Waals surface area contributed by atoms with Crippen molar-refractivity contribution in [1.29, 1.82) is 0 Å². The van der Waals surface area contributed by atoms with Crippen LogP contribution in [0.15, 0.2) is 30.5 Å². The van der Waals surface area contributed by atoms with Crippen LogP contribution in [0.3, 0.4) is 0 Å². The first kappa shape index (κ1) is 21.6. The van der Waals surface area contributed by atoms with Crippen molar-refractivity contribution < 1.29 is 18.7 Å². The fraction of sp³-hybridized carbons (Fsp3) is 0.318. The van der Waals surface area contributed by atoms with Gasteiger partial charge in [0.1, 0.15) is 11.9 Å². The minimum absolute atomic E-state index is 0.163. The molecule has 6 nitrogen and oxygen atoms in total. The van der Waals surface area contributed by atoms with Crippen molar-refractivity contribution in [2.75, 3.05) is 13.1 Å². The van der Waals surface area contributed by atoms with Gasteiger partial charge in [-0.2, -0.15) is 0 Å². The number of carbonyl (C=O) groups is 2. The van der Waals surface area contributed by atoms with Gasteiger partial charge in [-0.1, -0.05) is 23.2 Å². The number of fused-ring (bicyclic) bond motifs is 1. The molecule has 10 heteroatoms. The molecular formula is C22H18Cl2FN3O3S. The molecule has 2 fully saturated rings. The molecule has 166 valence electrons. The van der Waals surface area contributed by atoms with Crippen LogP contribution in [0.4, 0.5) is 4.39 Å². The Hall–Kier alpha value is -2.26. The van der Waals surface area contributed by atoms with E-state index in [2.05, 4.69) is 10.3 Å². The zero-order valence-corrected chi connectivity index (χ0v) is 19.1. The number of halogens is 3. The summed E-state index contributed by atoms with van der Waals surface area (Å²) in [6.45, 7) is 0.828. The topological polar surface area (TPSA) is 71.5 Å². The van der Waals surface area contributed by atoms with E-state index in [1.807, 2.05) is 12.1 Å². The van der Waals surface area contributed by atoms with E-state index in [4.69, 9.17) is 27.9 Å². The molecule has 1 N–H and O–H groups in total. The SMILES string of the molecule is O=C1CCC(=O)N1Cc1cc2nccc(-c3cc(Cl)cc(Cl)c3O[C@@H]3CNC[C@@H]3F)c2s1. The summed E-state index contributed by atoms with van der Waals surface area (Å²) < 4.78 is 21.1. The summed E-state index contributed by atoms with van der Waals surface area (Å²) in [5.74, 6) is 0.0348. The lowest BCUT2D eigenvalue weighted by molar-refractivity contribution is -0.138. The number of ether oxygens (including phenoxy) is 1. The fourth-order valence-corrected chi connectivity index (χ4v) is 5.67. The fourth-order valence-electron chi connectivity index (χ4n) is 4.00. The number of pyridine rings is 1. The Kier molecular flexibility index (Phi) is 5.79. The van der Waals surface area contributed by atoms with E-state index in [0.29, 0.717) is 27.9 Å². The Bertz CT molecular complexity index is 1220. The Morgan fingerprint density at radius 3 is 2.66 bits per heavy atom. The van der Waals surface area contributed by atoms with Crippen LogP contribution in [0.2, 0.25) is 10.0 Å². The summed E-state index contributed by atoms with van der Waals surface area (Å²) in [6, 6.07) is 7.00. The van der Waals surface area contributed by atoms with E-state index >= 15 is 0 Å². The second-order valence-electron chi connectivity index (χ2n) is 7.75. The van der Waals surface area contributed by atoms with Gasteiger partial charge < -0.3 is 10.1 Å². The third kappa shape index (κ3) is 3.96. The molecule has 2 aromatic heterocycles. The van der Waals surface area contributed by atoms with Gasteiger partial charge in [0.05, 0.1) is 21.8 Å². The normalized spacial score (nSPS) is 21.2.